The molecule has 1 amide bonds. The molecule has 0 radical (unpaired) electrons. The molecule has 38 heavy (non-hydrogen) atoms. The lowest BCUT2D eigenvalue weighted by Gasteiger charge is -2.18. The van der Waals surface area contributed by atoms with Crippen molar-refractivity contribution in [2.45, 2.75) is 38.4 Å². The third-order valence-corrected chi connectivity index (χ3v) is 6.63. The maximum absolute atomic E-state index is 13.2. The summed E-state index contributed by atoms with van der Waals surface area (Å²) in [6.07, 6.45) is 4.11. The number of ketones is 1. The second-order valence-corrected chi connectivity index (χ2v) is 9.51. The van der Waals surface area contributed by atoms with E-state index >= 15 is 0 Å². The summed E-state index contributed by atoms with van der Waals surface area (Å²) in [6.45, 7) is 2.12. The smallest absolute Gasteiger partial charge is 0.241 e. The van der Waals surface area contributed by atoms with Crippen LogP contribution in [-0.2, 0) is 22.6 Å². The summed E-state index contributed by atoms with van der Waals surface area (Å²) in [4.78, 5) is 30.3. The first-order valence-electron chi connectivity index (χ1n) is 12.4. The highest BCUT2D eigenvalue weighted by Crippen LogP contribution is 2.28. The topological polar surface area (TPSA) is 98.1 Å². The number of rotatable bonds is 9. The number of hydrogen-bond donors (Lipinski definition) is 2. The van der Waals surface area contributed by atoms with Gasteiger partial charge in [0.15, 0.2) is 5.78 Å². The Morgan fingerprint density at radius 3 is 2.37 bits per heavy atom. The van der Waals surface area contributed by atoms with Gasteiger partial charge in [0.25, 0.3) is 0 Å². The van der Waals surface area contributed by atoms with Crippen molar-refractivity contribution in [2.24, 2.45) is 5.92 Å². The highest BCUT2D eigenvalue weighted by atomic mass is 19.1. The zero-order chi connectivity index (χ0) is 26.5. The number of carbonyl (C=O) groups excluding carboxylic acids is 2. The van der Waals surface area contributed by atoms with Crippen LogP contribution in [0, 0.1) is 18.7 Å². The van der Waals surface area contributed by atoms with Crippen LogP contribution in [0.4, 0.5) is 10.1 Å². The molecule has 8 nitrogen and oxygen atoms in total. The maximum Gasteiger partial charge on any atom is 0.241 e. The van der Waals surface area contributed by atoms with E-state index in [9.17, 15) is 14.0 Å². The quantitative estimate of drug-likeness (QED) is 0.346. The number of aromatic nitrogens is 3. The summed E-state index contributed by atoms with van der Waals surface area (Å²) >= 11 is 0. The molecule has 0 spiro atoms. The number of nitrogens with one attached hydrogen (secondary N) is 2. The van der Waals surface area contributed by atoms with Gasteiger partial charge in [-0.1, -0.05) is 29.8 Å². The summed E-state index contributed by atoms with van der Waals surface area (Å²) < 4.78 is 20.3. The molecule has 4 aromatic rings. The summed E-state index contributed by atoms with van der Waals surface area (Å²) in [6, 6.07) is 19.9. The molecule has 194 valence electrons. The molecule has 0 aliphatic carbocycles. The van der Waals surface area contributed by atoms with E-state index in [1.165, 1.54) is 35.0 Å². The Labute approximate surface area is 219 Å². The Balaban J connectivity index is 1.24. The van der Waals surface area contributed by atoms with Crippen molar-refractivity contribution in [3.8, 4) is 11.5 Å². The predicted molar refractivity (Wildman–Crippen MR) is 140 cm³/mol. The monoisotopic (exact) mass is 513 g/mol. The number of benzene rings is 3. The van der Waals surface area contributed by atoms with Crippen LogP contribution >= 0.6 is 0 Å². The molecule has 0 unspecified atom stereocenters. The van der Waals surface area contributed by atoms with Gasteiger partial charge in [-0.3, -0.25) is 14.9 Å². The van der Waals surface area contributed by atoms with Crippen LogP contribution in [0.15, 0.2) is 85.5 Å². The molecule has 1 aromatic heterocycles. The number of anilines is 1. The second kappa shape index (κ2) is 11.4. The van der Waals surface area contributed by atoms with Gasteiger partial charge in [-0.05, 0) is 79.8 Å². The largest absolute Gasteiger partial charge is 0.457 e. The molecule has 1 fully saturated rings. The fourth-order valence-corrected chi connectivity index (χ4v) is 4.67. The van der Waals surface area contributed by atoms with Crippen molar-refractivity contribution in [1.82, 2.24) is 20.1 Å². The number of halogens is 1. The molecule has 1 aliphatic heterocycles. The van der Waals surface area contributed by atoms with Gasteiger partial charge in [-0.15, -0.1) is 0 Å². The number of hydrogen-bond acceptors (Lipinski definition) is 6. The number of Topliss-reactive ketones (excluding diaryl/α,β-unsaturated/α-hetero) is 1. The van der Waals surface area contributed by atoms with E-state index < -0.39 is 12.1 Å². The highest BCUT2D eigenvalue weighted by molar-refractivity contribution is 5.96. The SMILES string of the molecule is Cc1ccc(C[C@@H]2C[C@H](C(=O)Nc3ccc(Oc4ccc(F)cc4)cc3)N[C@H]2C(=O)Cn2cncn2)cc1. The number of nitrogens with zero attached hydrogens (tertiary/aromatic N) is 3. The fourth-order valence-electron chi connectivity index (χ4n) is 4.67. The first-order valence-corrected chi connectivity index (χ1v) is 12.4. The van der Waals surface area contributed by atoms with Crippen LogP contribution in [0.25, 0.3) is 0 Å². The van der Waals surface area contributed by atoms with Gasteiger partial charge in [-0.25, -0.2) is 14.1 Å². The lowest BCUT2D eigenvalue weighted by molar-refractivity contribution is -0.122. The Hall–Kier alpha value is -4.37. The first kappa shape index (κ1) is 25.3. The normalized spacial score (nSPS) is 18.7. The van der Waals surface area contributed by atoms with E-state index in [0.717, 1.165) is 5.56 Å². The van der Waals surface area contributed by atoms with Crippen LogP contribution in [-0.4, -0.2) is 38.5 Å². The Morgan fingerprint density at radius 2 is 1.71 bits per heavy atom. The van der Waals surface area contributed by atoms with Gasteiger partial charge < -0.3 is 10.1 Å². The van der Waals surface area contributed by atoms with Crippen LogP contribution in [0.3, 0.4) is 0 Å². The van der Waals surface area contributed by atoms with Crippen LogP contribution in [0.2, 0.25) is 0 Å². The third-order valence-electron chi connectivity index (χ3n) is 6.63. The Morgan fingerprint density at radius 1 is 1.03 bits per heavy atom. The standard InChI is InChI=1S/C29H28FN5O3/c1-19-2-4-20(5-3-19)14-21-15-26(34-28(21)27(36)16-35-18-31-17-32-35)29(37)33-23-8-12-25(13-9-23)38-24-10-6-22(30)7-11-24/h2-13,17-18,21,26,28,34H,14-16H2,1H3,(H,33,37)/t21-,26-,28-/m1/s1. The molecule has 5 rings (SSSR count). The zero-order valence-electron chi connectivity index (χ0n) is 20.9. The zero-order valence-corrected chi connectivity index (χ0v) is 20.9. The molecule has 1 saturated heterocycles. The van der Waals surface area contributed by atoms with Crippen molar-refractivity contribution in [3.63, 3.8) is 0 Å². The van der Waals surface area contributed by atoms with Crippen molar-refractivity contribution < 1.29 is 18.7 Å². The van der Waals surface area contributed by atoms with Gasteiger partial charge in [0.2, 0.25) is 5.91 Å². The van der Waals surface area contributed by atoms with Crippen molar-refractivity contribution in [2.75, 3.05) is 5.32 Å². The summed E-state index contributed by atoms with van der Waals surface area (Å²) in [7, 11) is 0. The number of amides is 1. The lowest BCUT2D eigenvalue weighted by Crippen LogP contribution is -2.44. The number of ether oxygens (including phenoxy) is 1. The average molecular weight is 514 g/mol. The molecular weight excluding hydrogens is 485 g/mol. The highest BCUT2D eigenvalue weighted by Gasteiger charge is 2.40. The number of carbonyl (C=O) groups is 2. The molecule has 1 aliphatic rings. The number of aryl methyl sites for hydroxylation is 1. The predicted octanol–water partition coefficient (Wildman–Crippen LogP) is 4.32. The molecule has 3 aromatic carbocycles. The van der Waals surface area contributed by atoms with Gasteiger partial charge in [0, 0.05) is 5.69 Å². The Kier molecular flexibility index (Phi) is 7.55. The minimum absolute atomic E-state index is 0.0368. The van der Waals surface area contributed by atoms with E-state index in [1.54, 1.807) is 36.4 Å². The van der Waals surface area contributed by atoms with Gasteiger partial charge in [0.1, 0.15) is 36.5 Å². The van der Waals surface area contributed by atoms with E-state index in [2.05, 4.69) is 45.0 Å². The van der Waals surface area contributed by atoms with Gasteiger partial charge in [-0.2, -0.15) is 5.10 Å². The summed E-state index contributed by atoms with van der Waals surface area (Å²) in [5.74, 6) is 0.452. The molecule has 2 N–H and O–H groups in total. The van der Waals surface area contributed by atoms with Crippen LogP contribution in [0.5, 0.6) is 11.5 Å². The lowest BCUT2D eigenvalue weighted by atomic mass is 9.89. The van der Waals surface area contributed by atoms with E-state index in [1.807, 2.05) is 6.92 Å². The van der Waals surface area contributed by atoms with Gasteiger partial charge in [0.05, 0.1) is 12.1 Å². The molecule has 0 saturated carbocycles. The molecular formula is C29H28FN5O3. The van der Waals surface area contributed by atoms with E-state index in [4.69, 9.17) is 4.74 Å². The third kappa shape index (κ3) is 6.30. The second-order valence-electron chi connectivity index (χ2n) is 9.51. The molecule has 0 bridgehead atoms. The minimum atomic E-state index is -0.523. The Bertz CT molecular complexity index is 1370. The average Bonchev–Trinajstić information content (AvgIpc) is 3.58. The fraction of sp³-hybridized carbons (Fsp3) is 0.241. The first-order chi connectivity index (χ1) is 18.4. The molecule has 9 heteroatoms. The van der Waals surface area contributed by atoms with Crippen molar-refractivity contribution >= 4 is 17.4 Å². The van der Waals surface area contributed by atoms with Gasteiger partial charge >= 0.3 is 0 Å². The van der Waals surface area contributed by atoms with Crippen molar-refractivity contribution in [1.29, 1.82) is 0 Å². The van der Waals surface area contributed by atoms with E-state index in [0.29, 0.717) is 30.0 Å². The maximum atomic E-state index is 13.2. The molecule has 3 atom stereocenters. The minimum Gasteiger partial charge on any atom is -0.457 e. The van der Waals surface area contributed by atoms with E-state index in [-0.39, 0.29) is 30.0 Å². The van der Waals surface area contributed by atoms with Crippen LogP contribution in [0.1, 0.15) is 17.5 Å². The summed E-state index contributed by atoms with van der Waals surface area (Å²) in [5.41, 5.74) is 2.90. The van der Waals surface area contributed by atoms with Crippen LogP contribution < -0.4 is 15.4 Å². The van der Waals surface area contributed by atoms with Crippen molar-refractivity contribution in [3.05, 3.63) is 102 Å². The summed E-state index contributed by atoms with van der Waals surface area (Å²) in [5, 5.41) is 10.3. The molecule has 2 heterocycles.